The van der Waals surface area contributed by atoms with E-state index >= 15 is 0 Å². The Labute approximate surface area is 203 Å². The molecule has 0 fully saturated rings. The highest BCUT2D eigenvalue weighted by molar-refractivity contribution is 9.10. The van der Waals surface area contributed by atoms with E-state index in [1.807, 2.05) is 55.5 Å². The third kappa shape index (κ3) is 4.35. The van der Waals surface area contributed by atoms with Gasteiger partial charge in [-0.05, 0) is 72.6 Å². The maximum absolute atomic E-state index is 12.4. The third-order valence-corrected chi connectivity index (χ3v) is 6.02. The first-order chi connectivity index (χ1) is 16.0. The van der Waals surface area contributed by atoms with Crippen molar-refractivity contribution >= 4 is 66.7 Å². The van der Waals surface area contributed by atoms with Gasteiger partial charge in [0, 0.05) is 21.1 Å². The van der Waals surface area contributed by atoms with Crippen molar-refractivity contribution < 1.29 is 4.79 Å². The van der Waals surface area contributed by atoms with Gasteiger partial charge in [0.05, 0.1) is 5.69 Å². The molecular formula is C25H18BrN5OS. The van der Waals surface area contributed by atoms with Gasteiger partial charge < -0.3 is 5.32 Å². The van der Waals surface area contributed by atoms with Crippen molar-refractivity contribution in [3.8, 4) is 5.69 Å². The van der Waals surface area contributed by atoms with Crippen LogP contribution in [-0.2, 0) is 0 Å². The molecule has 0 radical (unpaired) electrons. The normalized spacial score (nSPS) is 11.0. The van der Waals surface area contributed by atoms with Crippen LogP contribution in [0.25, 0.3) is 27.5 Å². The van der Waals surface area contributed by atoms with Crippen molar-refractivity contribution in [2.75, 3.05) is 5.32 Å². The second kappa shape index (κ2) is 8.73. The number of halogens is 1. The Hall–Kier alpha value is -3.62. The van der Waals surface area contributed by atoms with Gasteiger partial charge in [-0.1, -0.05) is 52.3 Å². The first-order valence-electron chi connectivity index (χ1n) is 10.2. The fourth-order valence-corrected chi connectivity index (χ4v) is 4.09. The van der Waals surface area contributed by atoms with Gasteiger partial charge in [0.25, 0.3) is 5.91 Å². The molecule has 6 nitrogen and oxygen atoms in total. The molecule has 0 saturated heterocycles. The highest BCUT2D eigenvalue weighted by atomic mass is 79.9. The highest BCUT2D eigenvalue weighted by Crippen LogP contribution is 2.25. The summed E-state index contributed by atoms with van der Waals surface area (Å²) in [6.07, 6.45) is 0. The summed E-state index contributed by atoms with van der Waals surface area (Å²) in [6.45, 7) is 1.96. The Balaban J connectivity index is 1.40. The zero-order chi connectivity index (χ0) is 22.9. The zero-order valence-electron chi connectivity index (χ0n) is 17.5. The second-order valence-corrected chi connectivity index (χ2v) is 8.88. The number of aryl methyl sites for hydroxylation is 1. The quantitative estimate of drug-likeness (QED) is 0.298. The molecule has 0 aliphatic heterocycles. The summed E-state index contributed by atoms with van der Waals surface area (Å²) < 4.78 is 0.903. The fourth-order valence-electron chi connectivity index (χ4n) is 3.62. The lowest BCUT2D eigenvalue weighted by Gasteiger charge is -2.11. The topological polar surface area (TPSA) is 71.8 Å². The summed E-state index contributed by atoms with van der Waals surface area (Å²) in [5.74, 6) is -0.277. The van der Waals surface area contributed by atoms with Crippen LogP contribution in [0.4, 0.5) is 5.69 Å². The number of aromatic nitrogens is 3. The smallest absolute Gasteiger partial charge is 0.257 e. The fraction of sp³-hybridized carbons (Fsp3) is 0.0400. The van der Waals surface area contributed by atoms with Gasteiger partial charge in [-0.3, -0.25) is 10.1 Å². The number of hydrogen-bond donors (Lipinski definition) is 2. The standard InChI is InChI=1S/C25H18BrN5OS/c1-15-13-21-22(30-31(29-21)23-8-4-6-16-5-2-3-7-19(16)23)14-20(15)27-25(33)28-24(32)17-9-11-18(26)12-10-17/h2-14H,1H3,(H2,27,28,32,33). The van der Waals surface area contributed by atoms with Crippen molar-refractivity contribution in [1.29, 1.82) is 0 Å². The van der Waals surface area contributed by atoms with E-state index in [-0.39, 0.29) is 11.0 Å². The number of benzene rings is 4. The van der Waals surface area contributed by atoms with Crippen molar-refractivity contribution in [1.82, 2.24) is 20.3 Å². The van der Waals surface area contributed by atoms with Gasteiger partial charge in [-0.15, -0.1) is 15.0 Å². The number of carbonyl (C=O) groups is 1. The van der Waals surface area contributed by atoms with Crippen LogP contribution in [0.3, 0.4) is 0 Å². The van der Waals surface area contributed by atoms with Crippen LogP contribution in [-0.4, -0.2) is 26.0 Å². The lowest BCUT2D eigenvalue weighted by atomic mass is 10.1. The largest absolute Gasteiger partial charge is 0.332 e. The van der Waals surface area contributed by atoms with Crippen LogP contribution in [0.5, 0.6) is 0 Å². The molecule has 0 aliphatic rings. The van der Waals surface area contributed by atoms with Gasteiger partial charge in [0.1, 0.15) is 11.0 Å². The molecular weight excluding hydrogens is 498 g/mol. The first-order valence-corrected chi connectivity index (χ1v) is 11.4. The molecule has 0 aliphatic carbocycles. The molecule has 1 amide bonds. The van der Waals surface area contributed by atoms with Gasteiger partial charge in [-0.25, -0.2) is 0 Å². The molecule has 0 spiro atoms. The Morgan fingerprint density at radius 3 is 2.42 bits per heavy atom. The Morgan fingerprint density at radius 2 is 1.64 bits per heavy atom. The minimum Gasteiger partial charge on any atom is -0.332 e. The summed E-state index contributed by atoms with van der Waals surface area (Å²) in [4.78, 5) is 14.1. The van der Waals surface area contributed by atoms with E-state index in [1.165, 1.54) is 0 Å². The van der Waals surface area contributed by atoms with Crippen molar-refractivity contribution in [3.05, 3.63) is 94.5 Å². The summed E-state index contributed by atoms with van der Waals surface area (Å²) in [5.41, 5.74) is 4.62. The van der Waals surface area contributed by atoms with Crippen molar-refractivity contribution in [2.45, 2.75) is 6.92 Å². The molecule has 1 aromatic heterocycles. The number of thiocarbonyl (C=S) groups is 1. The molecule has 162 valence electrons. The molecule has 5 rings (SSSR count). The predicted octanol–water partition coefficient (Wildman–Crippen LogP) is 5.77. The molecule has 0 saturated carbocycles. The highest BCUT2D eigenvalue weighted by Gasteiger charge is 2.13. The molecule has 33 heavy (non-hydrogen) atoms. The SMILES string of the molecule is Cc1cc2nn(-c3cccc4ccccc34)nc2cc1NC(=S)NC(=O)c1ccc(Br)cc1. The predicted molar refractivity (Wildman–Crippen MR) is 139 cm³/mol. The van der Waals surface area contributed by atoms with E-state index in [2.05, 4.69) is 55.0 Å². The van der Waals surface area contributed by atoms with Crippen LogP contribution in [0.1, 0.15) is 15.9 Å². The Bertz CT molecular complexity index is 1520. The second-order valence-electron chi connectivity index (χ2n) is 7.56. The lowest BCUT2D eigenvalue weighted by Crippen LogP contribution is -2.34. The van der Waals surface area contributed by atoms with Crippen LogP contribution in [0, 0.1) is 6.92 Å². The van der Waals surface area contributed by atoms with E-state index in [9.17, 15) is 4.79 Å². The van der Waals surface area contributed by atoms with Gasteiger partial charge in [0.2, 0.25) is 0 Å². The molecule has 4 aromatic carbocycles. The Morgan fingerprint density at radius 1 is 0.939 bits per heavy atom. The average Bonchev–Trinajstić information content (AvgIpc) is 3.21. The molecule has 5 aromatic rings. The summed E-state index contributed by atoms with van der Waals surface area (Å²) in [7, 11) is 0. The van der Waals surface area contributed by atoms with Gasteiger partial charge >= 0.3 is 0 Å². The maximum atomic E-state index is 12.4. The van der Waals surface area contributed by atoms with Crippen LogP contribution in [0.15, 0.2) is 83.3 Å². The number of hydrogen-bond acceptors (Lipinski definition) is 4. The van der Waals surface area contributed by atoms with Gasteiger partial charge in [0.15, 0.2) is 5.11 Å². The van der Waals surface area contributed by atoms with Crippen molar-refractivity contribution in [2.24, 2.45) is 0 Å². The molecule has 8 heteroatoms. The molecule has 0 unspecified atom stereocenters. The molecule has 0 bridgehead atoms. The Kier molecular flexibility index (Phi) is 5.62. The number of anilines is 1. The number of amides is 1. The average molecular weight is 516 g/mol. The molecule has 1 heterocycles. The van der Waals surface area contributed by atoms with Crippen LogP contribution >= 0.6 is 28.1 Å². The summed E-state index contributed by atoms with van der Waals surface area (Å²) in [5, 5.41) is 17.6. The minimum atomic E-state index is -0.277. The third-order valence-electron chi connectivity index (χ3n) is 5.29. The van der Waals surface area contributed by atoms with E-state index in [1.54, 1.807) is 16.9 Å². The number of rotatable bonds is 3. The van der Waals surface area contributed by atoms with Crippen LogP contribution in [0.2, 0.25) is 0 Å². The monoisotopic (exact) mass is 515 g/mol. The van der Waals surface area contributed by atoms with E-state index in [4.69, 9.17) is 12.2 Å². The van der Waals surface area contributed by atoms with E-state index in [0.29, 0.717) is 5.56 Å². The minimum absolute atomic E-state index is 0.215. The van der Waals surface area contributed by atoms with Crippen LogP contribution < -0.4 is 10.6 Å². The number of fused-ring (bicyclic) bond motifs is 2. The molecule has 0 atom stereocenters. The number of carbonyl (C=O) groups excluding carboxylic acids is 1. The summed E-state index contributed by atoms with van der Waals surface area (Å²) >= 11 is 8.72. The zero-order valence-corrected chi connectivity index (χ0v) is 19.9. The maximum Gasteiger partial charge on any atom is 0.257 e. The first kappa shape index (κ1) is 21.2. The van der Waals surface area contributed by atoms with Crippen molar-refractivity contribution in [3.63, 3.8) is 0 Å². The number of nitrogens with zero attached hydrogens (tertiary/aromatic N) is 3. The summed E-state index contributed by atoms with van der Waals surface area (Å²) in [6, 6.07) is 25.1. The van der Waals surface area contributed by atoms with E-state index in [0.717, 1.165) is 43.2 Å². The lowest BCUT2D eigenvalue weighted by molar-refractivity contribution is 0.0977. The van der Waals surface area contributed by atoms with E-state index < -0.39 is 0 Å². The van der Waals surface area contributed by atoms with Gasteiger partial charge in [-0.2, -0.15) is 0 Å². The molecule has 2 N–H and O–H groups in total. The number of nitrogens with one attached hydrogen (secondary N) is 2.